The number of thioether (sulfide) groups is 1. The lowest BCUT2D eigenvalue weighted by molar-refractivity contribution is 0.149. The van der Waals surface area contributed by atoms with E-state index in [4.69, 9.17) is 4.74 Å². The maximum Gasteiger partial charge on any atom is 0.437 e. The van der Waals surface area contributed by atoms with E-state index >= 15 is 0 Å². The van der Waals surface area contributed by atoms with Crippen molar-refractivity contribution < 1.29 is 14.3 Å². The minimum Gasteiger partial charge on any atom is -0.448 e. The third kappa shape index (κ3) is 3.57. The standard InChI is InChI=1S/C9H14N4O3S2/c1-5-16-9(15)13-7(10-6(14)12(2)3)18-8(11-13)17-4/h5H2,1-4H3. The molecule has 1 aromatic heterocycles. The molecule has 0 aliphatic rings. The predicted molar refractivity (Wildman–Crippen MR) is 69.0 cm³/mol. The summed E-state index contributed by atoms with van der Waals surface area (Å²) in [6, 6.07) is -0.454. The van der Waals surface area contributed by atoms with E-state index in [9.17, 15) is 9.59 Å². The molecular weight excluding hydrogens is 276 g/mol. The molecule has 0 spiro atoms. The largest absolute Gasteiger partial charge is 0.448 e. The van der Waals surface area contributed by atoms with Gasteiger partial charge >= 0.3 is 12.1 Å². The second-order valence-electron chi connectivity index (χ2n) is 3.25. The Morgan fingerprint density at radius 2 is 2.22 bits per heavy atom. The minimum atomic E-state index is -0.639. The van der Waals surface area contributed by atoms with E-state index in [1.165, 1.54) is 16.7 Å². The van der Waals surface area contributed by atoms with E-state index in [2.05, 4.69) is 10.1 Å². The van der Waals surface area contributed by atoms with Crippen LogP contribution in [0.25, 0.3) is 0 Å². The van der Waals surface area contributed by atoms with Crippen LogP contribution in [0.5, 0.6) is 0 Å². The van der Waals surface area contributed by atoms with Crippen LogP contribution in [-0.2, 0) is 4.74 Å². The van der Waals surface area contributed by atoms with Crippen molar-refractivity contribution in [3.63, 3.8) is 0 Å². The lowest BCUT2D eigenvalue weighted by Crippen LogP contribution is -2.29. The summed E-state index contributed by atoms with van der Waals surface area (Å²) >= 11 is 2.53. The first-order chi connectivity index (χ1) is 8.49. The van der Waals surface area contributed by atoms with Crippen molar-refractivity contribution in [3.05, 3.63) is 4.80 Å². The number of urea groups is 1. The molecule has 18 heavy (non-hydrogen) atoms. The van der Waals surface area contributed by atoms with Crippen LogP contribution in [0, 0.1) is 0 Å². The lowest BCUT2D eigenvalue weighted by Gasteiger charge is -2.04. The van der Waals surface area contributed by atoms with Gasteiger partial charge in [0.25, 0.3) is 0 Å². The van der Waals surface area contributed by atoms with Crippen molar-refractivity contribution in [3.8, 4) is 0 Å². The normalized spacial score (nSPS) is 11.4. The zero-order valence-corrected chi connectivity index (χ0v) is 12.2. The molecule has 0 saturated carbocycles. The zero-order chi connectivity index (χ0) is 13.7. The highest BCUT2D eigenvalue weighted by Gasteiger charge is 2.14. The van der Waals surface area contributed by atoms with E-state index in [1.807, 2.05) is 6.26 Å². The number of ether oxygens (including phenoxy) is 1. The van der Waals surface area contributed by atoms with Crippen LogP contribution in [0.3, 0.4) is 0 Å². The van der Waals surface area contributed by atoms with Gasteiger partial charge in [-0.05, 0) is 13.2 Å². The van der Waals surface area contributed by atoms with E-state index in [0.29, 0.717) is 4.34 Å². The molecular formula is C9H14N4O3S2. The third-order valence-electron chi connectivity index (χ3n) is 1.73. The molecule has 2 amide bonds. The fourth-order valence-corrected chi connectivity index (χ4v) is 2.23. The summed E-state index contributed by atoms with van der Waals surface area (Å²) in [7, 11) is 3.16. The van der Waals surface area contributed by atoms with Crippen molar-refractivity contribution >= 4 is 35.2 Å². The molecule has 0 atom stereocenters. The van der Waals surface area contributed by atoms with Gasteiger partial charge in [-0.3, -0.25) is 0 Å². The smallest absolute Gasteiger partial charge is 0.437 e. The molecule has 0 aliphatic carbocycles. The van der Waals surface area contributed by atoms with Gasteiger partial charge in [-0.25, -0.2) is 9.59 Å². The lowest BCUT2D eigenvalue weighted by atomic mass is 10.8. The molecule has 0 radical (unpaired) electrons. The molecule has 100 valence electrons. The first kappa shape index (κ1) is 14.7. The van der Waals surface area contributed by atoms with E-state index < -0.39 is 12.1 Å². The Kier molecular flexibility index (Phi) is 5.35. The monoisotopic (exact) mass is 290 g/mol. The second-order valence-corrected chi connectivity index (χ2v) is 5.26. The number of hydrogen-bond donors (Lipinski definition) is 0. The van der Waals surface area contributed by atoms with Crippen LogP contribution < -0.4 is 4.80 Å². The van der Waals surface area contributed by atoms with Gasteiger partial charge in [-0.15, -0.1) is 9.78 Å². The molecule has 7 nitrogen and oxygen atoms in total. The van der Waals surface area contributed by atoms with Gasteiger partial charge in [0, 0.05) is 14.1 Å². The van der Waals surface area contributed by atoms with Gasteiger partial charge in [0.2, 0.25) is 4.80 Å². The van der Waals surface area contributed by atoms with Crippen molar-refractivity contribution in [2.75, 3.05) is 27.0 Å². The summed E-state index contributed by atoms with van der Waals surface area (Å²) in [5, 5.41) is 4.02. The molecule has 0 fully saturated rings. The molecule has 0 unspecified atom stereocenters. The van der Waals surface area contributed by atoms with Crippen LogP contribution in [0.4, 0.5) is 9.59 Å². The van der Waals surface area contributed by atoms with Crippen LogP contribution in [-0.4, -0.2) is 53.8 Å². The first-order valence-corrected chi connectivity index (χ1v) is 7.11. The quantitative estimate of drug-likeness (QED) is 0.766. The average molecular weight is 290 g/mol. The van der Waals surface area contributed by atoms with Crippen LogP contribution >= 0.6 is 23.1 Å². The summed E-state index contributed by atoms with van der Waals surface area (Å²) in [4.78, 5) is 28.5. The van der Waals surface area contributed by atoms with E-state index in [0.717, 1.165) is 16.0 Å². The number of rotatable bonds is 2. The third-order valence-corrected chi connectivity index (χ3v) is 3.61. The van der Waals surface area contributed by atoms with Gasteiger partial charge in [0.05, 0.1) is 6.61 Å². The zero-order valence-electron chi connectivity index (χ0n) is 10.5. The van der Waals surface area contributed by atoms with Crippen molar-refractivity contribution in [2.45, 2.75) is 11.3 Å². The second kappa shape index (κ2) is 6.55. The number of nitrogens with zero attached hydrogens (tertiary/aromatic N) is 4. The Morgan fingerprint density at radius 1 is 1.56 bits per heavy atom. The van der Waals surface area contributed by atoms with E-state index in [1.54, 1.807) is 21.0 Å². The Balaban J connectivity index is 3.21. The maximum absolute atomic E-state index is 11.6. The number of aromatic nitrogens is 2. The molecule has 1 rings (SSSR count). The number of hydrogen-bond acceptors (Lipinski definition) is 6. The van der Waals surface area contributed by atoms with Crippen LogP contribution in [0.1, 0.15) is 6.92 Å². The molecule has 9 heteroatoms. The summed E-state index contributed by atoms with van der Waals surface area (Å²) in [6.07, 6.45) is 1.19. The number of carbonyl (C=O) groups is 2. The van der Waals surface area contributed by atoms with Crippen molar-refractivity contribution in [1.29, 1.82) is 0 Å². The first-order valence-electron chi connectivity index (χ1n) is 5.06. The Labute approximate surface area is 112 Å². The average Bonchev–Trinajstić information content (AvgIpc) is 2.72. The summed E-state index contributed by atoms with van der Waals surface area (Å²) < 4.78 is 6.48. The fraction of sp³-hybridized carbons (Fsp3) is 0.556. The van der Waals surface area contributed by atoms with Gasteiger partial charge in [0.15, 0.2) is 4.34 Å². The predicted octanol–water partition coefficient (Wildman–Crippen LogP) is 1.25. The highest BCUT2D eigenvalue weighted by molar-refractivity contribution is 8.00. The van der Waals surface area contributed by atoms with Gasteiger partial charge < -0.3 is 9.64 Å². The molecule has 0 saturated heterocycles. The maximum atomic E-state index is 11.6. The fourth-order valence-electron chi connectivity index (χ4n) is 0.904. The molecule has 0 N–H and O–H groups in total. The molecule has 0 bridgehead atoms. The Bertz CT molecular complexity index is 506. The molecule has 0 aliphatic heterocycles. The van der Waals surface area contributed by atoms with Crippen molar-refractivity contribution in [2.24, 2.45) is 4.99 Å². The molecule has 0 aromatic carbocycles. The van der Waals surface area contributed by atoms with Gasteiger partial charge in [0.1, 0.15) is 0 Å². The summed E-state index contributed by atoms with van der Waals surface area (Å²) in [5.74, 6) is 0. The van der Waals surface area contributed by atoms with Crippen LogP contribution in [0.15, 0.2) is 9.33 Å². The highest BCUT2D eigenvalue weighted by Crippen LogP contribution is 2.13. The van der Waals surface area contributed by atoms with E-state index in [-0.39, 0.29) is 11.4 Å². The summed E-state index contributed by atoms with van der Waals surface area (Å²) in [6.45, 7) is 1.93. The molecule has 1 aromatic rings. The van der Waals surface area contributed by atoms with Gasteiger partial charge in [-0.2, -0.15) is 4.99 Å². The Hall–Kier alpha value is -1.35. The van der Waals surface area contributed by atoms with Gasteiger partial charge in [-0.1, -0.05) is 23.1 Å². The van der Waals surface area contributed by atoms with Crippen molar-refractivity contribution in [1.82, 2.24) is 14.7 Å². The van der Waals surface area contributed by atoms with Crippen LogP contribution in [0.2, 0.25) is 0 Å². The Morgan fingerprint density at radius 3 is 2.72 bits per heavy atom. The number of amides is 2. The summed E-state index contributed by atoms with van der Waals surface area (Å²) in [5.41, 5.74) is 0. The highest BCUT2D eigenvalue weighted by atomic mass is 32.2. The topological polar surface area (TPSA) is 76.8 Å². The molecule has 1 heterocycles. The minimum absolute atomic E-state index is 0.205. The number of carbonyl (C=O) groups excluding carboxylic acids is 2. The SMILES string of the molecule is CCOC(=O)n1nc(SC)sc1=NC(=O)N(C)C.